The number of carbonyl (C=O) groups excluding carboxylic acids is 1. The molecule has 4 rings (SSSR count). The molecule has 11 nitrogen and oxygen atoms in total. The van der Waals surface area contributed by atoms with Crippen molar-refractivity contribution in [2.24, 2.45) is 7.05 Å². The highest BCUT2D eigenvalue weighted by atomic mass is 16.6. The minimum atomic E-state index is -0.472. The number of anilines is 1. The van der Waals surface area contributed by atoms with Gasteiger partial charge in [-0.2, -0.15) is 10.2 Å². The number of rotatable bonds is 4. The van der Waals surface area contributed by atoms with Crippen LogP contribution in [0.15, 0.2) is 24.4 Å². The number of nitro groups is 1. The van der Waals surface area contributed by atoms with E-state index >= 15 is 0 Å². The first-order chi connectivity index (χ1) is 14.3. The summed E-state index contributed by atoms with van der Waals surface area (Å²) < 4.78 is 1.80. The molecular formula is C19H22N8O3. The second-order valence-corrected chi connectivity index (χ2v) is 7.25. The first kappa shape index (κ1) is 19.6. The SMILES string of the molecule is Cc1nn(C)c(C)c1-c1cc(C(=O)N2CCN(c3ccc([N+](=O)[O-])cn3)CC2)[nH]n1. The summed E-state index contributed by atoms with van der Waals surface area (Å²) in [5, 5.41) is 22.3. The molecule has 1 aliphatic rings. The van der Waals surface area contributed by atoms with Crippen LogP contribution in [0.2, 0.25) is 0 Å². The smallest absolute Gasteiger partial charge is 0.287 e. The highest BCUT2D eigenvalue weighted by molar-refractivity contribution is 5.93. The van der Waals surface area contributed by atoms with Gasteiger partial charge in [-0.15, -0.1) is 0 Å². The molecule has 0 bridgehead atoms. The number of nitrogens with zero attached hydrogens (tertiary/aromatic N) is 7. The van der Waals surface area contributed by atoms with E-state index in [-0.39, 0.29) is 11.6 Å². The molecule has 0 atom stereocenters. The van der Waals surface area contributed by atoms with Crippen LogP contribution in [0.25, 0.3) is 11.3 Å². The number of aryl methyl sites for hydroxylation is 2. The van der Waals surface area contributed by atoms with Crippen LogP contribution in [0, 0.1) is 24.0 Å². The number of H-pyrrole nitrogens is 1. The van der Waals surface area contributed by atoms with Gasteiger partial charge >= 0.3 is 0 Å². The number of amides is 1. The summed E-state index contributed by atoms with van der Waals surface area (Å²) in [6.07, 6.45) is 1.25. The molecule has 1 aliphatic heterocycles. The van der Waals surface area contributed by atoms with E-state index in [1.165, 1.54) is 12.3 Å². The molecule has 1 N–H and O–H groups in total. The summed E-state index contributed by atoms with van der Waals surface area (Å²) in [6, 6.07) is 4.84. The third-order valence-electron chi connectivity index (χ3n) is 5.41. The molecule has 11 heteroatoms. The Kier molecular flexibility index (Phi) is 4.94. The summed E-state index contributed by atoms with van der Waals surface area (Å²) in [6.45, 7) is 6.13. The Labute approximate surface area is 172 Å². The Bertz CT molecular complexity index is 1090. The fraction of sp³-hybridized carbons (Fsp3) is 0.368. The van der Waals surface area contributed by atoms with Crippen molar-refractivity contribution in [3.63, 3.8) is 0 Å². The lowest BCUT2D eigenvalue weighted by molar-refractivity contribution is -0.385. The molecule has 3 aromatic heterocycles. The molecule has 0 aliphatic carbocycles. The Morgan fingerprint density at radius 1 is 1.20 bits per heavy atom. The van der Waals surface area contributed by atoms with Gasteiger partial charge in [0.25, 0.3) is 11.6 Å². The molecule has 0 spiro atoms. The topological polar surface area (TPSA) is 126 Å². The van der Waals surface area contributed by atoms with Crippen LogP contribution in [0.5, 0.6) is 0 Å². The molecule has 3 aromatic rings. The van der Waals surface area contributed by atoms with Crippen molar-refractivity contribution in [2.45, 2.75) is 13.8 Å². The molecule has 30 heavy (non-hydrogen) atoms. The van der Waals surface area contributed by atoms with E-state index in [4.69, 9.17) is 0 Å². The van der Waals surface area contributed by atoms with E-state index < -0.39 is 4.92 Å². The highest BCUT2D eigenvalue weighted by Gasteiger charge is 2.25. The fourth-order valence-electron chi connectivity index (χ4n) is 3.69. The molecule has 0 saturated carbocycles. The molecule has 1 amide bonds. The number of aromatic nitrogens is 5. The van der Waals surface area contributed by atoms with Crippen molar-refractivity contribution in [2.75, 3.05) is 31.1 Å². The monoisotopic (exact) mass is 410 g/mol. The van der Waals surface area contributed by atoms with Gasteiger partial charge in [-0.1, -0.05) is 0 Å². The van der Waals surface area contributed by atoms with Crippen LogP contribution in [0.4, 0.5) is 11.5 Å². The molecule has 1 fully saturated rings. The standard InChI is InChI=1S/C19H22N8O3/c1-12-18(13(2)24(3)23-12)15-10-16(22-21-15)19(28)26-8-6-25(7-9-26)17-5-4-14(11-20-17)27(29)30/h4-5,10-11H,6-9H2,1-3H3,(H,21,22). The Balaban J connectivity index is 1.42. The predicted octanol–water partition coefficient (Wildman–Crippen LogP) is 1.69. The fourth-order valence-corrected chi connectivity index (χ4v) is 3.69. The molecule has 0 aromatic carbocycles. The summed E-state index contributed by atoms with van der Waals surface area (Å²) in [4.78, 5) is 31.1. The van der Waals surface area contributed by atoms with E-state index in [0.717, 1.165) is 17.0 Å². The van der Waals surface area contributed by atoms with E-state index in [9.17, 15) is 14.9 Å². The number of hydrogen-bond donors (Lipinski definition) is 1. The second kappa shape index (κ2) is 7.58. The van der Waals surface area contributed by atoms with Gasteiger partial charge in [0.05, 0.1) is 16.3 Å². The maximum atomic E-state index is 12.9. The van der Waals surface area contributed by atoms with Gasteiger partial charge in [0.2, 0.25) is 0 Å². The molecule has 1 saturated heterocycles. The predicted molar refractivity (Wildman–Crippen MR) is 109 cm³/mol. The number of nitrogens with one attached hydrogen (secondary N) is 1. The van der Waals surface area contributed by atoms with Gasteiger partial charge in [0, 0.05) is 50.6 Å². The van der Waals surface area contributed by atoms with E-state index in [1.807, 2.05) is 25.8 Å². The van der Waals surface area contributed by atoms with Crippen molar-refractivity contribution in [1.82, 2.24) is 29.9 Å². The number of aromatic amines is 1. The van der Waals surface area contributed by atoms with Gasteiger partial charge < -0.3 is 9.80 Å². The molecule has 156 valence electrons. The maximum Gasteiger partial charge on any atom is 0.287 e. The first-order valence-electron chi connectivity index (χ1n) is 9.56. The molecule has 0 radical (unpaired) electrons. The quantitative estimate of drug-likeness (QED) is 0.512. The van der Waals surface area contributed by atoms with Crippen LogP contribution in [0.1, 0.15) is 21.9 Å². The largest absolute Gasteiger partial charge is 0.353 e. The Morgan fingerprint density at radius 2 is 1.93 bits per heavy atom. The number of pyridine rings is 1. The molecular weight excluding hydrogens is 388 g/mol. The summed E-state index contributed by atoms with van der Waals surface area (Å²) in [7, 11) is 1.88. The van der Waals surface area contributed by atoms with E-state index in [0.29, 0.717) is 43.4 Å². The van der Waals surface area contributed by atoms with Crippen molar-refractivity contribution < 1.29 is 9.72 Å². The van der Waals surface area contributed by atoms with Crippen LogP contribution < -0.4 is 4.90 Å². The van der Waals surface area contributed by atoms with E-state index in [2.05, 4.69) is 20.3 Å². The second-order valence-electron chi connectivity index (χ2n) is 7.25. The minimum absolute atomic E-state index is 0.0401. The lowest BCUT2D eigenvalue weighted by Crippen LogP contribution is -2.49. The van der Waals surface area contributed by atoms with Crippen LogP contribution in [0.3, 0.4) is 0 Å². The number of carbonyl (C=O) groups is 1. The normalized spacial score (nSPS) is 14.2. The number of hydrogen-bond acceptors (Lipinski definition) is 7. The lowest BCUT2D eigenvalue weighted by Gasteiger charge is -2.35. The maximum absolute atomic E-state index is 12.9. The first-order valence-corrected chi connectivity index (χ1v) is 9.56. The van der Waals surface area contributed by atoms with Gasteiger partial charge in [-0.25, -0.2) is 4.98 Å². The zero-order valence-electron chi connectivity index (χ0n) is 17.0. The van der Waals surface area contributed by atoms with Gasteiger partial charge in [0.1, 0.15) is 17.7 Å². The van der Waals surface area contributed by atoms with Gasteiger partial charge in [-0.3, -0.25) is 24.7 Å². The number of piperazine rings is 1. The van der Waals surface area contributed by atoms with Crippen LogP contribution >= 0.6 is 0 Å². The van der Waals surface area contributed by atoms with Crippen molar-refractivity contribution in [3.05, 3.63) is 51.6 Å². The molecule has 0 unspecified atom stereocenters. The Morgan fingerprint density at radius 3 is 2.50 bits per heavy atom. The average Bonchev–Trinajstić information content (AvgIpc) is 3.32. The van der Waals surface area contributed by atoms with Crippen LogP contribution in [-0.2, 0) is 7.05 Å². The highest BCUT2D eigenvalue weighted by Crippen LogP contribution is 2.26. The van der Waals surface area contributed by atoms with Crippen molar-refractivity contribution >= 4 is 17.4 Å². The summed E-state index contributed by atoms with van der Waals surface area (Å²) >= 11 is 0. The zero-order valence-corrected chi connectivity index (χ0v) is 17.0. The summed E-state index contributed by atoms with van der Waals surface area (Å²) in [5.74, 6) is 0.559. The Hall–Kier alpha value is -3.76. The van der Waals surface area contributed by atoms with Gasteiger partial charge in [-0.05, 0) is 26.0 Å². The van der Waals surface area contributed by atoms with Crippen molar-refractivity contribution in [1.29, 1.82) is 0 Å². The van der Waals surface area contributed by atoms with E-state index in [1.54, 1.807) is 21.7 Å². The minimum Gasteiger partial charge on any atom is -0.353 e. The zero-order chi connectivity index (χ0) is 21.4. The average molecular weight is 410 g/mol. The van der Waals surface area contributed by atoms with Crippen LogP contribution in [-0.4, -0.2) is 66.9 Å². The third-order valence-corrected chi connectivity index (χ3v) is 5.41. The third kappa shape index (κ3) is 3.49. The molecule has 4 heterocycles. The summed E-state index contributed by atoms with van der Waals surface area (Å²) in [5.41, 5.74) is 3.89. The lowest BCUT2D eigenvalue weighted by atomic mass is 10.1. The van der Waals surface area contributed by atoms with Gasteiger partial charge in [0.15, 0.2) is 0 Å². The van der Waals surface area contributed by atoms with Crippen molar-refractivity contribution in [3.8, 4) is 11.3 Å².